The fourth-order valence-electron chi connectivity index (χ4n) is 1.95. The van der Waals surface area contributed by atoms with Crippen molar-refractivity contribution in [3.63, 3.8) is 0 Å². The molecule has 1 aliphatic heterocycles. The van der Waals surface area contributed by atoms with Crippen LogP contribution in [0.5, 0.6) is 0 Å². The topological polar surface area (TPSA) is 76.7 Å². The van der Waals surface area contributed by atoms with Gasteiger partial charge in [0.1, 0.15) is 5.60 Å². The van der Waals surface area contributed by atoms with Gasteiger partial charge in [-0.05, 0) is 32.5 Å². The summed E-state index contributed by atoms with van der Waals surface area (Å²) in [7, 11) is 0. The lowest BCUT2D eigenvalue weighted by molar-refractivity contribution is -0.146. The molecule has 1 aliphatic rings. The van der Waals surface area contributed by atoms with Crippen LogP contribution in [-0.4, -0.2) is 22.4 Å². The summed E-state index contributed by atoms with van der Waals surface area (Å²) in [6, 6.07) is 0. The van der Waals surface area contributed by atoms with E-state index in [2.05, 4.69) is 29.7 Å². The average molecular weight is 257 g/mol. The van der Waals surface area contributed by atoms with Crippen LogP contribution in [0.4, 0.5) is 0 Å². The summed E-state index contributed by atoms with van der Waals surface area (Å²) < 4.78 is 5.41. The van der Waals surface area contributed by atoms with Crippen molar-refractivity contribution in [2.45, 2.75) is 45.6 Å². The second-order valence-electron chi connectivity index (χ2n) is 4.51. The average Bonchev–Trinajstić information content (AvgIpc) is 2.52. The number of nitrogens with zero attached hydrogens (tertiary/aromatic N) is 1. The first-order chi connectivity index (χ1) is 7.89. The van der Waals surface area contributed by atoms with Crippen molar-refractivity contribution in [2.75, 3.05) is 0 Å². The second kappa shape index (κ2) is 5.44. The number of carbonyl (C=O) groups excluding carboxylic acids is 1. The van der Waals surface area contributed by atoms with Gasteiger partial charge in [-0.25, -0.2) is 0 Å². The molecule has 0 amide bonds. The monoisotopic (exact) mass is 257 g/mol. The van der Waals surface area contributed by atoms with Crippen LogP contribution in [0, 0.1) is 5.92 Å². The zero-order valence-electron chi connectivity index (χ0n) is 10.4. The first-order valence-electron chi connectivity index (χ1n) is 5.72. The lowest BCUT2D eigenvalue weighted by atomic mass is 9.90. The quantitative estimate of drug-likeness (QED) is 0.344. The van der Waals surface area contributed by atoms with E-state index in [4.69, 9.17) is 10.5 Å². The summed E-state index contributed by atoms with van der Waals surface area (Å²) in [4.78, 5) is 11.7. The van der Waals surface area contributed by atoms with Crippen molar-refractivity contribution in [3.05, 3.63) is 0 Å². The molecule has 1 fully saturated rings. The van der Waals surface area contributed by atoms with Crippen molar-refractivity contribution in [3.8, 4) is 0 Å². The summed E-state index contributed by atoms with van der Waals surface area (Å²) in [5, 5.41) is 4.13. The Labute approximate surface area is 107 Å². The normalized spacial score (nSPS) is 29.0. The Morgan fingerprint density at radius 3 is 2.94 bits per heavy atom. The molecule has 0 radical (unpaired) electrons. The molecule has 3 N–H and O–H groups in total. The minimum atomic E-state index is -0.644. The van der Waals surface area contributed by atoms with Crippen LogP contribution in [0.2, 0.25) is 0 Å². The molecule has 1 rings (SSSR count). The van der Waals surface area contributed by atoms with Crippen LogP contribution in [0.15, 0.2) is 5.10 Å². The van der Waals surface area contributed by atoms with Crippen LogP contribution in [-0.2, 0) is 9.53 Å². The molecule has 96 valence electrons. The number of nitrogens with one attached hydrogen (secondary N) is 1. The van der Waals surface area contributed by atoms with Crippen molar-refractivity contribution < 1.29 is 9.53 Å². The molecule has 0 saturated carbocycles. The molecule has 0 unspecified atom stereocenters. The Bertz CT molecular complexity index is 357. The summed E-state index contributed by atoms with van der Waals surface area (Å²) in [6.07, 6.45) is 2.48. The van der Waals surface area contributed by atoms with Gasteiger partial charge in [0.2, 0.25) is 0 Å². The highest BCUT2D eigenvalue weighted by atomic mass is 32.1. The van der Waals surface area contributed by atoms with Crippen LogP contribution in [0.1, 0.15) is 40.0 Å². The maximum absolute atomic E-state index is 11.7. The maximum atomic E-state index is 11.7. The lowest BCUT2D eigenvalue weighted by Gasteiger charge is -2.22. The Kier molecular flexibility index (Phi) is 4.45. The van der Waals surface area contributed by atoms with Gasteiger partial charge < -0.3 is 10.5 Å². The van der Waals surface area contributed by atoms with Gasteiger partial charge in [-0.2, -0.15) is 5.10 Å². The van der Waals surface area contributed by atoms with E-state index >= 15 is 0 Å². The third-order valence-corrected chi connectivity index (χ3v) is 3.12. The SMILES string of the molecule is CCC[C@@H]1C[C@](C)(/C(C)=N\NC(N)=S)OC1=O. The minimum absolute atomic E-state index is 0.0278. The number of carbonyl (C=O) groups is 1. The number of ether oxygens (including phenoxy) is 1. The number of cyclic esters (lactones) is 1. The molecule has 0 spiro atoms. The zero-order valence-corrected chi connectivity index (χ0v) is 11.3. The van der Waals surface area contributed by atoms with E-state index in [1.54, 1.807) is 6.92 Å². The Hall–Kier alpha value is -1.17. The van der Waals surface area contributed by atoms with Crippen LogP contribution >= 0.6 is 12.2 Å². The smallest absolute Gasteiger partial charge is 0.310 e. The Balaban J connectivity index is 2.73. The molecule has 2 atom stereocenters. The van der Waals surface area contributed by atoms with Gasteiger partial charge in [0.25, 0.3) is 0 Å². The molecule has 1 heterocycles. The van der Waals surface area contributed by atoms with Crippen molar-refractivity contribution in [1.82, 2.24) is 5.43 Å². The van der Waals surface area contributed by atoms with Gasteiger partial charge in [-0.15, -0.1) is 0 Å². The van der Waals surface area contributed by atoms with E-state index in [0.717, 1.165) is 12.8 Å². The molecule has 0 aromatic rings. The largest absolute Gasteiger partial charge is 0.453 e. The Morgan fingerprint density at radius 2 is 2.41 bits per heavy atom. The highest BCUT2D eigenvalue weighted by Crippen LogP contribution is 2.34. The lowest BCUT2D eigenvalue weighted by Crippen LogP contribution is -2.36. The molecular weight excluding hydrogens is 238 g/mol. The molecule has 0 aliphatic carbocycles. The van der Waals surface area contributed by atoms with E-state index in [1.165, 1.54) is 0 Å². The third kappa shape index (κ3) is 3.39. The first-order valence-corrected chi connectivity index (χ1v) is 6.13. The molecule has 17 heavy (non-hydrogen) atoms. The van der Waals surface area contributed by atoms with E-state index in [9.17, 15) is 4.79 Å². The highest BCUT2D eigenvalue weighted by Gasteiger charge is 2.45. The van der Waals surface area contributed by atoms with E-state index < -0.39 is 5.60 Å². The Morgan fingerprint density at radius 1 is 1.76 bits per heavy atom. The molecule has 0 aromatic heterocycles. The number of esters is 1. The molecule has 0 aromatic carbocycles. The fraction of sp³-hybridized carbons (Fsp3) is 0.727. The summed E-state index contributed by atoms with van der Waals surface area (Å²) in [5.41, 5.74) is 7.84. The van der Waals surface area contributed by atoms with Crippen molar-refractivity contribution in [2.24, 2.45) is 16.8 Å². The van der Waals surface area contributed by atoms with Crippen LogP contribution in [0.3, 0.4) is 0 Å². The highest BCUT2D eigenvalue weighted by molar-refractivity contribution is 7.80. The molecular formula is C11H19N3O2S. The predicted molar refractivity (Wildman–Crippen MR) is 70.5 cm³/mol. The predicted octanol–water partition coefficient (Wildman–Crippen LogP) is 1.32. The van der Waals surface area contributed by atoms with Gasteiger partial charge in [0.15, 0.2) is 5.11 Å². The van der Waals surface area contributed by atoms with Crippen LogP contribution < -0.4 is 11.2 Å². The summed E-state index contributed by atoms with van der Waals surface area (Å²) in [5.74, 6) is -0.167. The van der Waals surface area contributed by atoms with Crippen LogP contribution in [0.25, 0.3) is 0 Å². The minimum Gasteiger partial charge on any atom is -0.453 e. The van der Waals surface area contributed by atoms with Gasteiger partial charge in [-0.3, -0.25) is 10.2 Å². The van der Waals surface area contributed by atoms with Gasteiger partial charge in [0.05, 0.1) is 11.6 Å². The van der Waals surface area contributed by atoms with Gasteiger partial charge in [0, 0.05) is 6.42 Å². The molecule has 0 bridgehead atoms. The number of thiocarbonyl (C=S) groups is 1. The fourth-order valence-corrected chi connectivity index (χ4v) is 1.99. The molecule has 5 nitrogen and oxygen atoms in total. The second-order valence-corrected chi connectivity index (χ2v) is 4.95. The number of nitrogens with two attached hydrogens (primary N) is 1. The van der Waals surface area contributed by atoms with Crippen molar-refractivity contribution in [1.29, 1.82) is 0 Å². The van der Waals surface area contributed by atoms with E-state index in [0.29, 0.717) is 12.1 Å². The molecule has 1 saturated heterocycles. The first kappa shape index (κ1) is 13.9. The molecule has 6 heteroatoms. The summed E-state index contributed by atoms with van der Waals surface area (Å²) >= 11 is 4.66. The van der Waals surface area contributed by atoms with E-state index in [1.807, 2.05) is 6.92 Å². The van der Waals surface area contributed by atoms with Crippen molar-refractivity contribution >= 4 is 29.0 Å². The third-order valence-electron chi connectivity index (χ3n) is 3.03. The number of hydrazone groups is 1. The number of hydrogen-bond donors (Lipinski definition) is 2. The number of rotatable bonds is 4. The number of hydrogen-bond acceptors (Lipinski definition) is 4. The van der Waals surface area contributed by atoms with Gasteiger partial charge >= 0.3 is 5.97 Å². The summed E-state index contributed by atoms with van der Waals surface area (Å²) in [6.45, 7) is 5.71. The van der Waals surface area contributed by atoms with E-state index in [-0.39, 0.29) is 17.0 Å². The standard InChI is InChI=1S/C11H19N3O2S/c1-4-5-8-6-11(3,16-9(8)15)7(2)13-14-10(12)17/h8H,4-6H2,1-3H3,(H3,12,14,17)/b13-7-/t8-,11-/m1/s1. The maximum Gasteiger partial charge on any atom is 0.310 e. The zero-order chi connectivity index (χ0) is 13.1. The van der Waals surface area contributed by atoms with Gasteiger partial charge in [-0.1, -0.05) is 13.3 Å².